The number of hydrogen-bond donors (Lipinski definition) is 3. The summed E-state index contributed by atoms with van der Waals surface area (Å²) < 4.78 is 37.8. The fourth-order valence-corrected chi connectivity index (χ4v) is 4.57. The average molecular weight is 528 g/mol. The molecule has 0 saturated heterocycles. The van der Waals surface area contributed by atoms with Crippen molar-refractivity contribution in [2.75, 3.05) is 25.6 Å². The fraction of sp³-hybridized carbons (Fsp3) is 0.391. The van der Waals surface area contributed by atoms with Gasteiger partial charge in [0.25, 0.3) is 0 Å². The smallest absolute Gasteiger partial charge is 0.328 e. The lowest BCUT2D eigenvalue weighted by Crippen LogP contribution is -2.43. The number of nitrogens with one attached hydrogen (secondary N) is 3. The van der Waals surface area contributed by atoms with E-state index < -0.39 is 22.0 Å². The Bertz CT molecular complexity index is 1080. The summed E-state index contributed by atoms with van der Waals surface area (Å²) in [6.07, 6.45) is 1.50. The highest BCUT2D eigenvalue weighted by Crippen LogP contribution is 2.27. The van der Waals surface area contributed by atoms with Crippen LogP contribution in [-0.2, 0) is 19.6 Å². The number of benzene rings is 2. The van der Waals surface area contributed by atoms with E-state index in [-0.39, 0.29) is 23.2 Å². The van der Waals surface area contributed by atoms with Crippen molar-refractivity contribution in [3.8, 4) is 5.75 Å². The van der Waals surface area contributed by atoms with Crippen molar-refractivity contribution in [2.45, 2.75) is 44.0 Å². The lowest BCUT2D eigenvalue weighted by molar-refractivity contribution is -0.145. The zero-order valence-corrected chi connectivity index (χ0v) is 21.8. The van der Waals surface area contributed by atoms with Gasteiger partial charge in [-0.15, -0.1) is 0 Å². The first-order valence-electron chi connectivity index (χ1n) is 10.8. The summed E-state index contributed by atoms with van der Waals surface area (Å²) >= 11 is 11.4. The molecule has 1 atom stereocenters. The molecule has 1 unspecified atom stereocenters. The van der Waals surface area contributed by atoms with Gasteiger partial charge in [0.2, 0.25) is 10.0 Å². The van der Waals surface area contributed by atoms with E-state index >= 15 is 0 Å². The topological polar surface area (TPSA) is 106 Å². The molecule has 0 heterocycles. The average Bonchev–Trinajstić information content (AvgIpc) is 2.78. The number of unbranched alkanes of at least 4 members (excludes halogenated alkanes) is 1. The quantitative estimate of drug-likeness (QED) is 0.216. The molecule has 0 aliphatic heterocycles. The Morgan fingerprint density at radius 2 is 1.85 bits per heavy atom. The van der Waals surface area contributed by atoms with E-state index in [2.05, 4.69) is 15.4 Å². The van der Waals surface area contributed by atoms with Crippen molar-refractivity contribution in [2.24, 2.45) is 0 Å². The lowest BCUT2D eigenvalue weighted by Gasteiger charge is -2.20. The Hall–Kier alpha value is -2.40. The van der Waals surface area contributed by atoms with Gasteiger partial charge in [-0.25, -0.2) is 17.9 Å². The zero-order valence-electron chi connectivity index (χ0n) is 19.4. The summed E-state index contributed by atoms with van der Waals surface area (Å²) in [5, 5.41) is 6.66. The second-order valence-electron chi connectivity index (χ2n) is 7.45. The van der Waals surface area contributed by atoms with Gasteiger partial charge in [-0.05, 0) is 75.7 Å². The van der Waals surface area contributed by atoms with Gasteiger partial charge in [0.1, 0.15) is 11.8 Å². The maximum absolute atomic E-state index is 12.4. The number of sulfonamides is 1. The summed E-state index contributed by atoms with van der Waals surface area (Å²) in [7, 11) is -2.05. The number of halogens is 1. The van der Waals surface area contributed by atoms with Crippen LogP contribution in [0.25, 0.3) is 0 Å². The standard InChI is InChI=1S/C23H30ClN3O5S2/c1-4-32-22(28)19(26-23(33)27-20-15-17(24)10-13-21(20)31-3)7-5-6-14-25-34(29,30)18-11-8-16(2)9-12-18/h8-13,15,19,25H,4-7,14H2,1-3H3,(H2,26,27,33). The molecule has 0 amide bonds. The summed E-state index contributed by atoms with van der Waals surface area (Å²) in [5.41, 5.74) is 1.54. The molecule has 0 fully saturated rings. The van der Waals surface area contributed by atoms with E-state index in [0.29, 0.717) is 35.7 Å². The second kappa shape index (κ2) is 13.5. The molecule has 0 bridgehead atoms. The third kappa shape index (κ3) is 8.75. The van der Waals surface area contributed by atoms with E-state index in [1.54, 1.807) is 49.4 Å². The van der Waals surface area contributed by atoms with E-state index in [4.69, 9.17) is 33.3 Å². The predicted molar refractivity (Wildman–Crippen MR) is 138 cm³/mol. The maximum atomic E-state index is 12.4. The van der Waals surface area contributed by atoms with Crippen LogP contribution in [0.4, 0.5) is 5.69 Å². The molecule has 0 aliphatic rings. The minimum Gasteiger partial charge on any atom is -0.495 e. The molecule has 0 saturated carbocycles. The summed E-state index contributed by atoms with van der Waals surface area (Å²) in [4.78, 5) is 12.6. The number of aryl methyl sites for hydroxylation is 1. The van der Waals surface area contributed by atoms with Crippen LogP contribution < -0.4 is 20.1 Å². The van der Waals surface area contributed by atoms with Crippen molar-refractivity contribution in [1.82, 2.24) is 10.0 Å². The molecule has 0 spiro atoms. The summed E-state index contributed by atoms with van der Waals surface area (Å²) in [6, 6.07) is 11.0. The van der Waals surface area contributed by atoms with Crippen LogP contribution in [0.2, 0.25) is 5.02 Å². The van der Waals surface area contributed by atoms with E-state index in [1.165, 1.54) is 7.11 Å². The highest BCUT2D eigenvalue weighted by atomic mass is 35.5. The first kappa shape index (κ1) is 27.8. The fourth-order valence-electron chi connectivity index (χ4n) is 3.07. The second-order valence-corrected chi connectivity index (χ2v) is 10.1. The van der Waals surface area contributed by atoms with Crippen LogP contribution in [0.1, 0.15) is 31.7 Å². The van der Waals surface area contributed by atoms with Crippen LogP contribution in [0.3, 0.4) is 0 Å². The molecule has 3 N–H and O–H groups in total. The van der Waals surface area contributed by atoms with Gasteiger partial charge in [0, 0.05) is 11.6 Å². The maximum Gasteiger partial charge on any atom is 0.328 e. The van der Waals surface area contributed by atoms with E-state index in [1.807, 2.05) is 6.92 Å². The molecule has 0 aliphatic carbocycles. The normalized spacial score (nSPS) is 12.0. The summed E-state index contributed by atoms with van der Waals surface area (Å²) in [5.74, 6) is 0.104. The number of thiocarbonyl (C=S) groups is 1. The molecule has 11 heteroatoms. The number of rotatable bonds is 12. The van der Waals surface area contributed by atoms with Crippen molar-refractivity contribution in [3.05, 3.63) is 53.1 Å². The number of hydrogen-bond acceptors (Lipinski definition) is 6. The SMILES string of the molecule is CCOC(=O)C(CCCCNS(=O)(=O)c1ccc(C)cc1)NC(=S)Nc1cc(Cl)ccc1OC. The van der Waals surface area contributed by atoms with Crippen LogP contribution in [0, 0.1) is 6.92 Å². The predicted octanol–water partition coefficient (Wildman–Crippen LogP) is 4.02. The van der Waals surface area contributed by atoms with Crippen LogP contribution in [0.5, 0.6) is 5.75 Å². The highest BCUT2D eigenvalue weighted by Gasteiger charge is 2.21. The van der Waals surface area contributed by atoms with Gasteiger partial charge < -0.3 is 20.1 Å². The molecular formula is C23H30ClN3O5S2. The van der Waals surface area contributed by atoms with Gasteiger partial charge in [0.15, 0.2) is 5.11 Å². The van der Waals surface area contributed by atoms with E-state index in [9.17, 15) is 13.2 Å². The summed E-state index contributed by atoms with van der Waals surface area (Å²) in [6.45, 7) is 4.09. The molecule has 2 aromatic rings. The molecule has 8 nitrogen and oxygen atoms in total. The Morgan fingerprint density at radius 3 is 2.50 bits per heavy atom. The lowest BCUT2D eigenvalue weighted by atomic mass is 10.1. The van der Waals surface area contributed by atoms with E-state index in [0.717, 1.165) is 5.56 Å². The van der Waals surface area contributed by atoms with Crippen LogP contribution in [0.15, 0.2) is 47.4 Å². The van der Waals surface area contributed by atoms with Crippen LogP contribution in [-0.4, -0.2) is 45.8 Å². The Labute approximate surface area is 211 Å². The molecule has 0 aromatic heterocycles. The molecule has 2 rings (SSSR count). The van der Waals surface area contributed by atoms with Gasteiger partial charge in [-0.2, -0.15) is 0 Å². The first-order chi connectivity index (χ1) is 16.2. The van der Waals surface area contributed by atoms with Gasteiger partial charge >= 0.3 is 5.97 Å². The van der Waals surface area contributed by atoms with Gasteiger partial charge in [-0.1, -0.05) is 29.3 Å². The largest absolute Gasteiger partial charge is 0.495 e. The van der Waals surface area contributed by atoms with Crippen molar-refractivity contribution >= 4 is 50.6 Å². The number of esters is 1. The monoisotopic (exact) mass is 527 g/mol. The number of carbonyl (C=O) groups excluding carboxylic acids is 1. The molecule has 2 aromatic carbocycles. The third-order valence-electron chi connectivity index (χ3n) is 4.83. The minimum absolute atomic E-state index is 0.207. The number of carbonyl (C=O) groups is 1. The first-order valence-corrected chi connectivity index (χ1v) is 13.1. The number of ether oxygens (including phenoxy) is 2. The molecule has 0 radical (unpaired) electrons. The number of anilines is 1. The van der Waals surface area contributed by atoms with Gasteiger partial charge in [0.05, 0.1) is 24.3 Å². The molecule has 186 valence electrons. The molecule has 34 heavy (non-hydrogen) atoms. The number of methoxy groups -OCH3 is 1. The van der Waals surface area contributed by atoms with Crippen molar-refractivity contribution < 1.29 is 22.7 Å². The Kier molecular flexibility index (Phi) is 11.0. The zero-order chi connectivity index (χ0) is 25.1. The minimum atomic E-state index is -3.58. The van der Waals surface area contributed by atoms with Crippen molar-refractivity contribution in [1.29, 1.82) is 0 Å². The van der Waals surface area contributed by atoms with Crippen molar-refractivity contribution in [3.63, 3.8) is 0 Å². The Morgan fingerprint density at radius 1 is 1.15 bits per heavy atom. The Balaban J connectivity index is 1.90. The highest BCUT2D eigenvalue weighted by molar-refractivity contribution is 7.89. The third-order valence-corrected chi connectivity index (χ3v) is 6.76. The van der Waals surface area contributed by atoms with Crippen LogP contribution >= 0.6 is 23.8 Å². The van der Waals surface area contributed by atoms with Gasteiger partial charge in [-0.3, -0.25) is 0 Å². The molecular weight excluding hydrogens is 498 g/mol.